The van der Waals surface area contributed by atoms with Crippen LogP contribution < -0.4 is 16.0 Å². The summed E-state index contributed by atoms with van der Waals surface area (Å²) in [5.74, 6) is -0.454. The van der Waals surface area contributed by atoms with Crippen molar-refractivity contribution in [3.8, 4) is 0 Å². The minimum absolute atomic E-state index is 0.122. The van der Waals surface area contributed by atoms with Crippen molar-refractivity contribution in [2.24, 2.45) is 0 Å². The van der Waals surface area contributed by atoms with Gasteiger partial charge in [0.15, 0.2) is 0 Å². The van der Waals surface area contributed by atoms with Crippen molar-refractivity contribution in [2.75, 3.05) is 5.32 Å². The van der Waals surface area contributed by atoms with Crippen molar-refractivity contribution in [3.05, 3.63) is 81.5 Å². The number of carbonyl (C=O) groups is 2. The fourth-order valence-corrected chi connectivity index (χ4v) is 2.79. The van der Waals surface area contributed by atoms with E-state index in [0.29, 0.717) is 17.0 Å². The molecule has 0 saturated heterocycles. The average molecular weight is 352 g/mol. The zero-order chi connectivity index (χ0) is 18.7. The molecule has 1 heterocycles. The van der Waals surface area contributed by atoms with Gasteiger partial charge in [0.2, 0.25) is 0 Å². The molecule has 3 rings (SSSR count). The van der Waals surface area contributed by atoms with E-state index < -0.39 is 22.9 Å². The number of amides is 3. The van der Waals surface area contributed by atoms with Gasteiger partial charge in [0, 0.05) is 23.5 Å². The fraction of sp³-hybridized carbons (Fsp3) is 0.111. The number of benzene rings is 2. The third-order valence-corrected chi connectivity index (χ3v) is 3.96. The highest BCUT2D eigenvalue weighted by atomic mass is 16.6. The number of rotatable bonds is 4. The Kier molecular flexibility index (Phi) is 4.66. The molecule has 0 radical (unpaired) electrons. The lowest BCUT2D eigenvalue weighted by atomic mass is 9.95. The molecule has 0 bridgehead atoms. The lowest BCUT2D eigenvalue weighted by molar-refractivity contribution is -0.384. The Morgan fingerprint density at radius 1 is 1.15 bits per heavy atom. The molecule has 3 amide bonds. The Bertz CT molecular complexity index is 908. The van der Waals surface area contributed by atoms with E-state index in [9.17, 15) is 19.7 Å². The van der Waals surface area contributed by atoms with Gasteiger partial charge in [-0.05, 0) is 18.6 Å². The predicted molar refractivity (Wildman–Crippen MR) is 95.3 cm³/mol. The summed E-state index contributed by atoms with van der Waals surface area (Å²) >= 11 is 0. The van der Waals surface area contributed by atoms with Gasteiger partial charge >= 0.3 is 6.03 Å². The smallest absolute Gasteiger partial charge is 0.319 e. The van der Waals surface area contributed by atoms with Gasteiger partial charge in [-0.1, -0.05) is 36.4 Å². The number of urea groups is 1. The second-order valence-electron chi connectivity index (χ2n) is 5.74. The molecule has 0 aromatic heterocycles. The monoisotopic (exact) mass is 352 g/mol. The van der Waals surface area contributed by atoms with Gasteiger partial charge in [-0.15, -0.1) is 0 Å². The van der Waals surface area contributed by atoms with Crippen LogP contribution in [0.15, 0.2) is 65.9 Å². The number of nitrogens with zero attached hydrogens (tertiary/aromatic N) is 1. The Labute approximate surface area is 149 Å². The van der Waals surface area contributed by atoms with Crippen LogP contribution in [-0.4, -0.2) is 16.9 Å². The number of allylic oxidation sites excluding steroid dienone is 1. The van der Waals surface area contributed by atoms with Crippen LogP contribution in [0.25, 0.3) is 0 Å². The summed E-state index contributed by atoms with van der Waals surface area (Å²) in [5.41, 5.74) is 1.69. The maximum Gasteiger partial charge on any atom is 0.319 e. The van der Waals surface area contributed by atoms with Crippen LogP contribution in [0.2, 0.25) is 0 Å². The van der Waals surface area contributed by atoms with Crippen LogP contribution in [0.5, 0.6) is 0 Å². The van der Waals surface area contributed by atoms with Gasteiger partial charge in [-0.2, -0.15) is 0 Å². The summed E-state index contributed by atoms with van der Waals surface area (Å²) in [4.78, 5) is 35.0. The zero-order valence-corrected chi connectivity index (χ0v) is 13.9. The summed E-state index contributed by atoms with van der Waals surface area (Å²) in [7, 11) is 0. The molecular weight excluding hydrogens is 336 g/mol. The molecule has 8 heteroatoms. The number of anilines is 1. The molecule has 0 spiro atoms. The van der Waals surface area contributed by atoms with Crippen LogP contribution in [0.3, 0.4) is 0 Å². The molecule has 2 aromatic carbocycles. The molecule has 1 aliphatic heterocycles. The van der Waals surface area contributed by atoms with Gasteiger partial charge in [-0.25, -0.2) is 4.79 Å². The first-order valence-corrected chi connectivity index (χ1v) is 7.85. The summed E-state index contributed by atoms with van der Waals surface area (Å²) in [6.07, 6.45) is 0. The van der Waals surface area contributed by atoms with Gasteiger partial charge < -0.3 is 16.0 Å². The van der Waals surface area contributed by atoms with E-state index in [2.05, 4.69) is 16.0 Å². The summed E-state index contributed by atoms with van der Waals surface area (Å²) in [6, 6.07) is 13.7. The SMILES string of the molecule is CC1=C(C(=O)Nc2cccc([N+](=O)[O-])c2)[C@H](c2ccccc2)NC(=O)N1. The van der Waals surface area contributed by atoms with Gasteiger partial charge in [-0.3, -0.25) is 14.9 Å². The molecule has 1 aliphatic rings. The van der Waals surface area contributed by atoms with E-state index in [1.807, 2.05) is 30.3 Å². The molecule has 132 valence electrons. The molecule has 8 nitrogen and oxygen atoms in total. The molecule has 3 N–H and O–H groups in total. The number of nitro benzene ring substituents is 1. The highest BCUT2D eigenvalue weighted by molar-refractivity contribution is 6.06. The molecule has 0 aliphatic carbocycles. The first-order chi connectivity index (χ1) is 12.5. The third-order valence-electron chi connectivity index (χ3n) is 3.96. The third kappa shape index (κ3) is 3.54. The van der Waals surface area contributed by atoms with Crippen LogP contribution in [0.1, 0.15) is 18.5 Å². The van der Waals surface area contributed by atoms with E-state index in [0.717, 1.165) is 5.56 Å². The number of nitro groups is 1. The topological polar surface area (TPSA) is 113 Å². The van der Waals surface area contributed by atoms with E-state index in [1.54, 1.807) is 13.0 Å². The second kappa shape index (κ2) is 7.06. The van der Waals surface area contributed by atoms with E-state index in [1.165, 1.54) is 18.2 Å². The number of nitrogens with one attached hydrogen (secondary N) is 3. The highest BCUT2D eigenvalue weighted by Crippen LogP contribution is 2.28. The molecule has 2 aromatic rings. The minimum atomic E-state index is -0.622. The number of carbonyl (C=O) groups excluding carboxylic acids is 2. The van der Waals surface area contributed by atoms with Crippen molar-refractivity contribution in [2.45, 2.75) is 13.0 Å². The Hall–Kier alpha value is -3.68. The van der Waals surface area contributed by atoms with Crippen molar-refractivity contribution in [1.82, 2.24) is 10.6 Å². The molecule has 26 heavy (non-hydrogen) atoms. The predicted octanol–water partition coefficient (Wildman–Crippen LogP) is 2.86. The van der Waals surface area contributed by atoms with Crippen molar-refractivity contribution < 1.29 is 14.5 Å². The van der Waals surface area contributed by atoms with Gasteiger partial charge in [0.1, 0.15) is 0 Å². The zero-order valence-electron chi connectivity index (χ0n) is 13.9. The summed E-state index contributed by atoms with van der Waals surface area (Å²) < 4.78 is 0. The molecule has 1 atom stereocenters. The van der Waals surface area contributed by atoms with Gasteiger partial charge in [0.25, 0.3) is 11.6 Å². The summed E-state index contributed by atoms with van der Waals surface area (Å²) in [5, 5.41) is 18.9. The van der Waals surface area contributed by atoms with Gasteiger partial charge in [0.05, 0.1) is 16.5 Å². The largest absolute Gasteiger partial charge is 0.327 e. The first-order valence-electron chi connectivity index (χ1n) is 7.85. The van der Waals surface area contributed by atoms with E-state index >= 15 is 0 Å². The fourth-order valence-electron chi connectivity index (χ4n) is 2.79. The van der Waals surface area contributed by atoms with Crippen LogP contribution in [0, 0.1) is 10.1 Å². The second-order valence-corrected chi connectivity index (χ2v) is 5.74. The quantitative estimate of drug-likeness (QED) is 0.580. The molecule has 0 saturated carbocycles. The molecule has 0 fully saturated rings. The van der Waals surface area contributed by atoms with Crippen LogP contribution in [-0.2, 0) is 4.79 Å². The van der Waals surface area contributed by atoms with Crippen molar-refractivity contribution in [3.63, 3.8) is 0 Å². The van der Waals surface area contributed by atoms with E-state index in [4.69, 9.17) is 0 Å². The van der Waals surface area contributed by atoms with Crippen LogP contribution >= 0.6 is 0 Å². The van der Waals surface area contributed by atoms with E-state index in [-0.39, 0.29) is 5.69 Å². The maximum atomic E-state index is 12.8. The standard InChI is InChI=1S/C18H16N4O4/c1-11-15(16(21-18(24)19-11)12-6-3-2-4-7-12)17(23)20-13-8-5-9-14(10-13)22(25)26/h2-10,16H,1H3,(H,20,23)(H2,19,21,24)/t16-/m0/s1. The number of hydrogen-bond donors (Lipinski definition) is 3. The summed E-state index contributed by atoms with van der Waals surface area (Å²) in [6.45, 7) is 1.64. The number of hydrogen-bond acceptors (Lipinski definition) is 4. The maximum absolute atomic E-state index is 12.8. The number of non-ortho nitro benzene ring substituents is 1. The Morgan fingerprint density at radius 2 is 1.88 bits per heavy atom. The average Bonchev–Trinajstić information content (AvgIpc) is 2.61. The van der Waals surface area contributed by atoms with Crippen molar-refractivity contribution in [1.29, 1.82) is 0 Å². The lowest BCUT2D eigenvalue weighted by Crippen LogP contribution is -2.45. The minimum Gasteiger partial charge on any atom is -0.327 e. The normalized spacial score (nSPS) is 16.5. The first kappa shape index (κ1) is 17.2. The Balaban J connectivity index is 1.92. The van der Waals surface area contributed by atoms with Crippen LogP contribution in [0.4, 0.5) is 16.2 Å². The Morgan fingerprint density at radius 3 is 2.58 bits per heavy atom. The lowest BCUT2D eigenvalue weighted by Gasteiger charge is -2.28. The molecular formula is C18H16N4O4. The van der Waals surface area contributed by atoms with Crippen molar-refractivity contribution >= 4 is 23.3 Å². The highest BCUT2D eigenvalue weighted by Gasteiger charge is 2.31. The molecule has 0 unspecified atom stereocenters.